The highest BCUT2D eigenvalue weighted by molar-refractivity contribution is 8.00. The predicted octanol–water partition coefficient (Wildman–Crippen LogP) is 4.07. The van der Waals surface area contributed by atoms with E-state index >= 15 is 0 Å². The molecule has 1 aliphatic heterocycles. The van der Waals surface area contributed by atoms with Gasteiger partial charge in [-0.25, -0.2) is 9.59 Å². The number of nitrogens with one attached hydrogen (secondary N) is 1. The highest BCUT2D eigenvalue weighted by atomic mass is 32.2. The summed E-state index contributed by atoms with van der Waals surface area (Å²) in [5.74, 6) is -1.13. The van der Waals surface area contributed by atoms with Gasteiger partial charge in [-0.05, 0) is 35.1 Å². The Morgan fingerprint density at radius 1 is 1.09 bits per heavy atom. The van der Waals surface area contributed by atoms with Crippen LogP contribution in [0.1, 0.15) is 43.7 Å². The van der Waals surface area contributed by atoms with Gasteiger partial charge in [0.25, 0.3) is 0 Å². The van der Waals surface area contributed by atoms with Crippen molar-refractivity contribution in [2.45, 2.75) is 50.1 Å². The van der Waals surface area contributed by atoms with Crippen LogP contribution in [0.15, 0.2) is 48.5 Å². The van der Waals surface area contributed by atoms with Crippen molar-refractivity contribution >= 4 is 29.7 Å². The van der Waals surface area contributed by atoms with Crippen LogP contribution >= 0.6 is 11.8 Å². The van der Waals surface area contributed by atoms with Crippen LogP contribution < -0.4 is 5.32 Å². The fourth-order valence-corrected chi connectivity index (χ4v) is 6.02. The summed E-state index contributed by atoms with van der Waals surface area (Å²) < 4.78 is 5.57. The number of carbonyl (C=O) groups excluding carboxylic acids is 2. The third-order valence-electron chi connectivity index (χ3n) is 6.32. The molecule has 0 saturated carbocycles. The van der Waals surface area contributed by atoms with Crippen LogP contribution in [-0.2, 0) is 14.3 Å². The molecule has 2 N–H and O–H groups in total. The minimum absolute atomic E-state index is 0.0743. The van der Waals surface area contributed by atoms with E-state index in [0.29, 0.717) is 18.6 Å². The molecule has 174 valence electrons. The standard InChI is InChI=1S/C25H28N2O5S/c1-3-20(23(28)27-21(24(29)30)14-33-22(27)4-2)26-25(31)32-13-19-17-11-7-5-9-15(17)16-10-6-8-12-18(16)19/h5-12,19-22H,3-4,13-14H2,1-2H3,(H,26,31)(H,29,30)/t20-,21?,22?/m0/s1. The Kier molecular flexibility index (Phi) is 6.93. The summed E-state index contributed by atoms with van der Waals surface area (Å²) in [5, 5.41) is 12.0. The monoisotopic (exact) mass is 468 g/mol. The lowest BCUT2D eigenvalue weighted by molar-refractivity contribution is -0.150. The largest absolute Gasteiger partial charge is 0.480 e. The second-order valence-corrected chi connectivity index (χ2v) is 9.44. The highest BCUT2D eigenvalue weighted by Crippen LogP contribution is 2.44. The molecular formula is C25H28N2O5S. The molecule has 33 heavy (non-hydrogen) atoms. The van der Waals surface area contributed by atoms with Crippen LogP contribution in [-0.4, -0.2) is 57.8 Å². The number of hydrogen-bond donors (Lipinski definition) is 2. The van der Waals surface area contributed by atoms with Crippen molar-refractivity contribution in [1.29, 1.82) is 0 Å². The lowest BCUT2D eigenvalue weighted by atomic mass is 9.98. The topological polar surface area (TPSA) is 95.9 Å². The van der Waals surface area contributed by atoms with Crippen molar-refractivity contribution in [2.75, 3.05) is 12.4 Å². The van der Waals surface area contributed by atoms with Gasteiger partial charge in [0.15, 0.2) is 0 Å². The molecule has 2 aromatic carbocycles. The number of hydrogen-bond acceptors (Lipinski definition) is 5. The quantitative estimate of drug-likeness (QED) is 0.636. The molecule has 7 nitrogen and oxygen atoms in total. The third kappa shape index (κ3) is 4.44. The van der Waals surface area contributed by atoms with Gasteiger partial charge in [-0.3, -0.25) is 4.79 Å². The van der Waals surface area contributed by atoms with E-state index in [1.54, 1.807) is 6.92 Å². The Labute approximate surface area is 197 Å². The van der Waals surface area contributed by atoms with Crippen LogP contribution in [0.25, 0.3) is 11.1 Å². The summed E-state index contributed by atoms with van der Waals surface area (Å²) in [5.41, 5.74) is 4.50. The minimum atomic E-state index is -1.03. The number of carboxylic acids is 1. The summed E-state index contributed by atoms with van der Waals surface area (Å²) in [6.45, 7) is 3.85. The van der Waals surface area contributed by atoms with Crippen molar-refractivity contribution in [3.8, 4) is 11.1 Å². The maximum absolute atomic E-state index is 13.2. The second kappa shape index (κ2) is 9.87. The van der Waals surface area contributed by atoms with Gasteiger partial charge in [0.2, 0.25) is 5.91 Å². The molecule has 0 bridgehead atoms. The Hall–Kier alpha value is -3.00. The maximum atomic E-state index is 13.2. The Morgan fingerprint density at radius 2 is 1.70 bits per heavy atom. The molecule has 3 atom stereocenters. The number of aliphatic carboxylic acids is 1. The van der Waals surface area contributed by atoms with E-state index < -0.39 is 24.1 Å². The van der Waals surface area contributed by atoms with E-state index in [0.717, 1.165) is 22.3 Å². The molecule has 2 amide bonds. The first kappa shape index (κ1) is 23.2. The van der Waals surface area contributed by atoms with Crippen molar-refractivity contribution < 1.29 is 24.2 Å². The summed E-state index contributed by atoms with van der Waals surface area (Å²) >= 11 is 1.46. The van der Waals surface area contributed by atoms with Gasteiger partial charge in [0, 0.05) is 11.7 Å². The van der Waals surface area contributed by atoms with Crippen molar-refractivity contribution in [3.63, 3.8) is 0 Å². The number of nitrogens with zero attached hydrogens (tertiary/aromatic N) is 1. The molecule has 4 rings (SSSR count). The predicted molar refractivity (Wildman–Crippen MR) is 127 cm³/mol. The number of carbonyl (C=O) groups is 3. The van der Waals surface area contributed by atoms with E-state index in [-0.39, 0.29) is 23.8 Å². The zero-order chi connectivity index (χ0) is 23.5. The maximum Gasteiger partial charge on any atom is 0.407 e. The van der Waals surface area contributed by atoms with Crippen LogP contribution in [0.4, 0.5) is 4.79 Å². The van der Waals surface area contributed by atoms with Gasteiger partial charge < -0.3 is 20.1 Å². The molecule has 2 aliphatic rings. The molecule has 1 aliphatic carbocycles. The van der Waals surface area contributed by atoms with Crippen molar-refractivity contribution in [2.24, 2.45) is 0 Å². The first-order valence-electron chi connectivity index (χ1n) is 11.2. The molecule has 8 heteroatoms. The van der Waals surface area contributed by atoms with Crippen LogP contribution in [0.5, 0.6) is 0 Å². The smallest absolute Gasteiger partial charge is 0.407 e. The Balaban J connectivity index is 1.43. The number of ether oxygens (including phenoxy) is 1. The molecule has 2 aromatic rings. The molecular weight excluding hydrogens is 440 g/mol. The van der Waals surface area contributed by atoms with Crippen LogP contribution in [0.2, 0.25) is 0 Å². The number of carboxylic acid groups (broad SMARTS) is 1. The van der Waals surface area contributed by atoms with E-state index in [4.69, 9.17) is 4.74 Å². The number of thioether (sulfide) groups is 1. The van der Waals surface area contributed by atoms with Crippen LogP contribution in [0, 0.1) is 0 Å². The fourth-order valence-electron chi connectivity index (χ4n) is 4.66. The first-order valence-corrected chi connectivity index (χ1v) is 12.3. The Morgan fingerprint density at radius 3 is 2.24 bits per heavy atom. The fraction of sp³-hybridized carbons (Fsp3) is 0.400. The van der Waals surface area contributed by atoms with E-state index in [1.165, 1.54) is 16.7 Å². The number of benzene rings is 2. The number of amides is 2. The number of alkyl carbamates (subject to hydrolysis) is 1. The van der Waals surface area contributed by atoms with Gasteiger partial charge in [0.1, 0.15) is 18.7 Å². The summed E-state index contributed by atoms with van der Waals surface area (Å²) in [6.07, 6.45) is 0.304. The third-order valence-corrected chi connectivity index (χ3v) is 7.78. The normalized spacial score (nSPS) is 20.1. The average Bonchev–Trinajstić information content (AvgIpc) is 3.40. The highest BCUT2D eigenvalue weighted by Gasteiger charge is 2.43. The zero-order valence-corrected chi connectivity index (χ0v) is 19.5. The molecule has 1 heterocycles. The molecule has 0 spiro atoms. The van der Waals surface area contributed by atoms with Crippen LogP contribution in [0.3, 0.4) is 0 Å². The lowest BCUT2D eigenvalue weighted by Gasteiger charge is -2.30. The number of fused-ring (bicyclic) bond motifs is 3. The molecule has 2 unspecified atom stereocenters. The molecule has 0 radical (unpaired) electrons. The summed E-state index contributed by atoms with van der Waals surface area (Å²) in [7, 11) is 0. The van der Waals surface area contributed by atoms with Gasteiger partial charge in [0.05, 0.1) is 5.37 Å². The van der Waals surface area contributed by atoms with E-state index in [1.807, 2.05) is 43.3 Å². The number of rotatable bonds is 7. The van der Waals surface area contributed by atoms with Gasteiger partial charge in [-0.15, -0.1) is 11.8 Å². The van der Waals surface area contributed by atoms with Gasteiger partial charge in [-0.2, -0.15) is 0 Å². The summed E-state index contributed by atoms with van der Waals surface area (Å²) in [6, 6.07) is 14.4. The van der Waals surface area contributed by atoms with Gasteiger partial charge >= 0.3 is 12.1 Å². The average molecular weight is 469 g/mol. The molecule has 0 aromatic heterocycles. The lowest BCUT2D eigenvalue weighted by Crippen LogP contribution is -2.54. The first-order chi connectivity index (χ1) is 16.0. The van der Waals surface area contributed by atoms with E-state index in [2.05, 4.69) is 17.4 Å². The van der Waals surface area contributed by atoms with Crippen molar-refractivity contribution in [3.05, 3.63) is 59.7 Å². The molecule has 1 saturated heterocycles. The summed E-state index contributed by atoms with van der Waals surface area (Å²) in [4.78, 5) is 38.9. The zero-order valence-electron chi connectivity index (χ0n) is 18.7. The van der Waals surface area contributed by atoms with Crippen molar-refractivity contribution in [1.82, 2.24) is 10.2 Å². The molecule has 1 fully saturated rings. The second-order valence-electron chi connectivity index (χ2n) is 8.23. The Bertz CT molecular complexity index is 1010. The van der Waals surface area contributed by atoms with Gasteiger partial charge in [-0.1, -0.05) is 62.4 Å². The minimum Gasteiger partial charge on any atom is -0.480 e. The van der Waals surface area contributed by atoms with E-state index in [9.17, 15) is 19.5 Å². The SMILES string of the molecule is CCC1SCC(C(=O)O)N1C(=O)[C@H](CC)NC(=O)OCC1c2ccccc2-c2ccccc21.